The van der Waals surface area contributed by atoms with Crippen molar-refractivity contribution in [2.24, 2.45) is 0 Å². The van der Waals surface area contributed by atoms with Gasteiger partial charge in [-0.2, -0.15) is 0 Å². The molecule has 0 aliphatic carbocycles. The number of nitrogen functional groups attached to an aromatic ring is 1. The molecule has 222 valence electrons. The Balaban J connectivity index is 1.67. The van der Waals surface area contributed by atoms with Crippen LogP contribution in [0, 0.1) is 0 Å². The van der Waals surface area contributed by atoms with E-state index in [1.807, 2.05) is 12.1 Å². The van der Waals surface area contributed by atoms with E-state index in [0.29, 0.717) is 5.69 Å². The van der Waals surface area contributed by atoms with Crippen LogP contribution in [-0.4, -0.2) is 5.11 Å². The van der Waals surface area contributed by atoms with Crippen molar-refractivity contribution in [1.29, 1.82) is 0 Å². The zero-order valence-electron chi connectivity index (χ0n) is 25.8. The minimum absolute atomic E-state index is 0.198. The Morgan fingerprint density at radius 1 is 0.447 bits per heavy atom. The standard InChI is InChI=1S/C36H67NO/c1-2-3-4-5-6-7-8-9-10-11-12-13-14-15-16-17-18-19-20-21-22-23-24-25-26-27-28-29-30-34-31-32-36(38)35(37)33-34/h31-33,38H,2-30,37H2,1H3. The zero-order valence-corrected chi connectivity index (χ0v) is 25.8. The van der Waals surface area contributed by atoms with Crippen LogP contribution in [0.4, 0.5) is 5.69 Å². The van der Waals surface area contributed by atoms with Gasteiger partial charge >= 0.3 is 0 Å². The molecule has 1 rings (SSSR count). The molecule has 0 heterocycles. The Morgan fingerprint density at radius 3 is 1.03 bits per heavy atom. The van der Waals surface area contributed by atoms with E-state index < -0.39 is 0 Å². The number of hydrogen-bond donors (Lipinski definition) is 2. The number of phenols is 1. The molecule has 1 aromatic carbocycles. The first-order valence-corrected chi connectivity index (χ1v) is 17.3. The van der Waals surface area contributed by atoms with Crippen LogP contribution in [0.5, 0.6) is 5.75 Å². The average molecular weight is 530 g/mol. The summed E-state index contributed by atoms with van der Waals surface area (Å²) in [6.45, 7) is 2.30. The maximum Gasteiger partial charge on any atom is 0.138 e. The number of nitrogens with two attached hydrogens (primary N) is 1. The van der Waals surface area contributed by atoms with Gasteiger partial charge in [-0.15, -0.1) is 0 Å². The van der Waals surface area contributed by atoms with E-state index in [9.17, 15) is 5.11 Å². The molecule has 0 bridgehead atoms. The molecule has 0 aromatic heterocycles. The van der Waals surface area contributed by atoms with Gasteiger partial charge in [0.1, 0.15) is 5.75 Å². The summed E-state index contributed by atoms with van der Waals surface area (Å²) in [6, 6.07) is 5.62. The zero-order chi connectivity index (χ0) is 27.4. The van der Waals surface area contributed by atoms with Gasteiger partial charge in [-0.1, -0.05) is 186 Å². The molecule has 0 fully saturated rings. The molecule has 0 aliphatic rings. The van der Waals surface area contributed by atoms with Crippen LogP contribution in [0.2, 0.25) is 0 Å². The Kier molecular flexibility index (Phi) is 25.1. The first-order chi connectivity index (χ1) is 18.7. The summed E-state index contributed by atoms with van der Waals surface area (Å²) in [5.74, 6) is 0.198. The van der Waals surface area contributed by atoms with Gasteiger partial charge in [0.25, 0.3) is 0 Å². The lowest BCUT2D eigenvalue weighted by atomic mass is 10.0. The normalized spacial score (nSPS) is 11.4. The third-order valence-corrected chi connectivity index (χ3v) is 8.41. The van der Waals surface area contributed by atoms with E-state index in [-0.39, 0.29) is 5.75 Å². The SMILES string of the molecule is CCCCCCCCCCCCCCCCCCCCCCCCCCCCCCc1ccc(O)c(N)c1. The van der Waals surface area contributed by atoms with Gasteiger partial charge in [-0.3, -0.25) is 0 Å². The molecule has 0 amide bonds. The van der Waals surface area contributed by atoms with Crippen LogP contribution in [0.3, 0.4) is 0 Å². The lowest BCUT2D eigenvalue weighted by Crippen LogP contribution is -1.91. The van der Waals surface area contributed by atoms with Crippen LogP contribution < -0.4 is 5.73 Å². The molecule has 38 heavy (non-hydrogen) atoms. The van der Waals surface area contributed by atoms with Gasteiger partial charge in [0.05, 0.1) is 5.69 Å². The van der Waals surface area contributed by atoms with Crippen LogP contribution in [0.25, 0.3) is 0 Å². The molecule has 0 saturated carbocycles. The van der Waals surface area contributed by atoms with Crippen molar-refractivity contribution in [3.05, 3.63) is 23.8 Å². The predicted octanol–water partition coefficient (Wildman–Crippen LogP) is 12.5. The fourth-order valence-corrected chi connectivity index (χ4v) is 5.76. The minimum Gasteiger partial charge on any atom is -0.506 e. The number of anilines is 1. The number of phenolic OH excluding ortho intramolecular Hbond substituents is 1. The van der Waals surface area contributed by atoms with E-state index in [0.717, 1.165) is 6.42 Å². The maximum atomic E-state index is 9.50. The second-order valence-corrected chi connectivity index (χ2v) is 12.2. The summed E-state index contributed by atoms with van der Waals surface area (Å²) in [7, 11) is 0. The fourth-order valence-electron chi connectivity index (χ4n) is 5.76. The van der Waals surface area contributed by atoms with Gasteiger partial charge in [0.2, 0.25) is 0 Å². The molecule has 0 saturated heterocycles. The smallest absolute Gasteiger partial charge is 0.138 e. The summed E-state index contributed by atoms with van der Waals surface area (Å²) < 4.78 is 0. The number of benzene rings is 1. The second kappa shape index (κ2) is 27.4. The molecule has 0 radical (unpaired) electrons. The Hall–Kier alpha value is -1.18. The quantitative estimate of drug-likeness (QED) is 0.0615. The highest BCUT2D eigenvalue weighted by Gasteiger charge is 2.00. The molecule has 0 unspecified atom stereocenters. The topological polar surface area (TPSA) is 46.2 Å². The summed E-state index contributed by atoms with van der Waals surface area (Å²) in [5, 5.41) is 9.50. The number of unbranched alkanes of at least 4 members (excludes halogenated alkanes) is 27. The highest BCUT2D eigenvalue weighted by atomic mass is 16.3. The van der Waals surface area contributed by atoms with Crippen molar-refractivity contribution < 1.29 is 5.11 Å². The molecule has 3 N–H and O–H groups in total. The maximum absolute atomic E-state index is 9.50. The van der Waals surface area contributed by atoms with Gasteiger partial charge in [-0.25, -0.2) is 0 Å². The fraction of sp³-hybridized carbons (Fsp3) is 0.833. The monoisotopic (exact) mass is 530 g/mol. The van der Waals surface area contributed by atoms with Crippen molar-refractivity contribution in [2.45, 2.75) is 193 Å². The van der Waals surface area contributed by atoms with Crippen LogP contribution in [0.15, 0.2) is 18.2 Å². The van der Waals surface area contributed by atoms with E-state index >= 15 is 0 Å². The van der Waals surface area contributed by atoms with Crippen LogP contribution >= 0.6 is 0 Å². The molecular weight excluding hydrogens is 462 g/mol. The summed E-state index contributed by atoms with van der Waals surface area (Å²) in [4.78, 5) is 0. The lowest BCUT2D eigenvalue weighted by Gasteiger charge is -2.05. The first-order valence-electron chi connectivity index (χ1n) is 17.3. The lowest BCUT2D eigenvalue weighted by molar-refractivity contribution is 0.477. The Morgan fingerprint density at radius 2 is 0.737 bits per heavy atom. The number of aryl methyl sites for hydroxylation is 1. The van der Waals surface area contributed by atoms with Crippen molar-refractivity contribution in [3.63, 3.8) is 0 Å². The molecule has 0 atom stereocenters. The Labute approximate surface area is 239 Å². The molecule has 2 heteroatoms. The molecular formula is C36H67NO. The molecule has 2 nitrogen and oxygen atoms in total. The van der Waals surface area contributed by atoms with E-state index in [1.165, 1.54) is 185 Å². The predicted molar refractivity (Wildman–Crippen MR) is 171 cm³/mol. The van der Waals surface area contributed by atoms with Crippen molar-refractivity contribution in [1.82, 2.24) is 0 Å². The van der Waals surface area contributed by atoms with Crippen LogP contribution in [-0.2, 0) is 6.42 Å². The third kappa shape index (κ3) is 22.8. The van der Waals surface area contributed by atoms with Gasteiger partial charge < -0.3 is 10.8 Å². The number of rotatable bonds is 29. The third-order valence-electron chi connectivity index (χ3n) is 8.41. The summed E-state index contributed by atoms with van der Waals surface area (Å²) in [6.07, 6.45) is 41.4. The minimum atomic E-state index is 0.198. The van der Waals surface area contributed by atoms with Gasteiger partial charge in [0.15, 0.2) is 0 Å². The summed E-state index contributed by atoms with van der Waals surface area (Å²) in [5.41, 5.74) is 7.52. The van der Waals surface area contributed by atoms with Gasteiger partial charge in [-0.05, 0) is 30.5 Å². The number of hydrogen-bond acceptors (Lipinski definition) is 2. The largest absolute Gasteiger partial charge is 0.506 e. The molecule has 1 aromatic rings. The number of aromatic hydroxyl groups is 1. The first kappa shape index (κ1) is 34.8. The molecule has 0 spiro atoms. The van der Waals surface area contributed by atoms with Crippen molar-refractivity contribution in [3.8, 4) is 5.75 Å². The Bertz CT molecular complexity index is 613. The van der Waals surface area contributed by atoms with Crippen LogP contribution in [0.1, 0.15) is 192 Å². The highest BCUT2D eigenvalue weighted by Crippen LogP contribution is 2.22. The van der Waals surface area contributed by atoms with E-state index in [1.54, 1.807) is 6.07 Å². The average Bonchev–Trinajstić information content (AvgIpc) is 2.92. The molecule has 0 aliphatic heterocycles. The van der Waals surface area contributed by atoms with E-state index in [2.05, 4.69) is 6.92 Å². The van der Waals surface area contributed by atoms with Crippen molar-refractivity contribution in [2.75, 3.05) is 5.73 Å². The summed E-state index contributed by atoms with van der Waals surface area (Å²) >= 11 is 0. The van der Waals surface area contributed by atoms with E-state index in [4.69, 9.17) is 5.73 Å². The highest BCUT2D eigenvalue weighted by molar-refractivity contribution is 5.53. The van der Waals surface area contributed by atoms with Gasteiger partial charge in [0, 0.05) is 0 Å². The second-order valence-electron chi connectivity index (χ2n) is 12.2. The van der Waals surface area contributed by atoms with Crippen molar-refractivity contribution >= 4 is 5.69 Å².